The van der Waals surface area contributed by atoms with E-state index < -0.39 is 11.5 Å². The van der Waals surface area contributed by atoms with Crippen LogP contribution < -0.4 is 0 Å². The molecule has 0 aromatic carbocycles. The summed E-state index contributed by atoms with van der Waals surface area (Å²) in [6.45, 7) is 6.44. The van der Waals surface area contributed by atoms with Gasteiger partial charge in [0.05, 0.1) is 5.02 Å². The molecule has 1 rings (SSSR count). The molecule has 0 amide bonds. The largest absolute Gasteiger partial charge is 0.480 e. The van der Waals surface area contributed by atoms with E-state index in [1.165, 1.54) is 0 Å². The van der Waals surface area contributed by atoms with Crippen LogP contribution in [-0.2, 0) is 11.3 Å². The quantitative estimate of drug-likeness (QED) is 0.879. The van der Waals surface area contributed by atoms with Gasteiger partial charge in [0, 0.05) is 18.9 Å². The number of likely N-dealkylation sites (N-methyl/N-ethyl adjacent to an activating group) is 1. The molecule has 1 heterocycles. The van der Waals surface area contributed by atoms with Gasteiger partial charge in [-0.2, -0.15) is 0 Å². The lowest BCUT2D eigenvalue weighted by Gasteiger charge is -2.34. The zero-order valence-corrected chi connectivity index (χ0v) is 11.0. The molecule has 17 heavy (non-hydrogen) atoms. The normalized spacial score (nSPS) is 11.8. The van der Waals surface area contributed by atoms with Gasteiger partial charge in [-0.05, 0) is 32.0 Å². The van der Waals surface area contributed by atoms with Crippen LogP contribution in [0.3, 0.4) is 0 Å². The van der Waals surface area contributed by atoms with E-state index in [1.807, 2.05) is 17.9 Å². The van der Waals surface area contributed by atoms with Crippen molar-refractivity contribution < 1.29 is 9.90 Å². The number of rotatable bonds is 5. The molecule has 4 nitrogen and oxygen atoms in total. The first-order valence-electron chi connectivity index (χ1n) is 5.46. The number of nitrogens with zero attached hydrogens (tertiary/aromatic N) is 2. The predicted molar refractivity (Wildman–Crippen MR) is 67.0 cm³/mol. The van der Waals surface area contributed by atoms with Crippen molar-refractivity contribution in [2.45, 2.75) is 32.9 Å². The number of hydrogen-bond donors (Lipinski definition) is 1. The maximum absolute atomic E-state index is 11.2. The summed E-state index contributed by atoms with van der Waals surface area (Å²) in [4.78, 5) is 17.0. The molecular weight excluding hydrogens is 240 g/mol. The summed E-state index contributed by atoms with van der Waals surface area (Å²) in [7, 11) is 0. The maximum atomic E-state index is 11.2. The second kappa shape index (κ2) is 5.47. The fourth-order valence-corrected chi connectivity index (χ4v) is 1.76. The standard InChI is InChI=1S/C12H17ClN2O2/c1-4-15(12(2,3)11(16)17)8-9-5-6-14-7-10(9)13/h5-7H,4,8H2,1-3H3,(H,16,17). The summed E-state index contributed by atoms with van der Waals surface area (Å²) in [6, 6.07) is 1.81. The summed E-state index contributed by atoms with van der Waals surface area (Å²) in [6.07, 6.45) is 3.22. The molecule has 0 aliphatic rings. The Kier molecular flexibility index (Phi) is 4.48. The number of carboxylic acids is 1. The number of halogens is 1. The second-order valence-electron chi connectivity index (χ2n) is 4.35. The zero-order chi connectivity index (χ0) is 13.1. The third kappa shape index (κ3) is 3.17. The third-order valence-corrected chi connectivity index (χ3v) is 3.25. The Labute approximate surface area is 106 Å². The van der Waals surface area contributed by atoms with Gasteiger partial charge in [0.2, 0.25) is 0 Å². The van der Waals surface area contributed by atoms with E-state index in [2.05, 4.69) is 4.98 Å². The Bertz CT molecular complexity index is 407. The Morgan fingerprint density at radius 2 is 2.24 bits per heavy atom. The van der Waals surface area contributed by atoms with Gasteiger partial charge in [0.15, 0.2) is 0 Å². The van der Waals surface area contributed by atoms with Gasteiger partial charge in [0.1, 0.15) is 5.54 Å². The first-order chi connectivity index (χ1) is 7.89. The molecule has 0 atom stereocenters. The van der Waals surface area contributed by atoms with Gasteiger partial charge in [-0.15, -0.1) is 0 Å². The van der Waals surface area contributed by atoms with Crippen molar-refractivity contribution in [3.63, 3.8) is 0 Å². The number of hydrogen-bond acceptors (Lipinski definition) is 3. The van der Waals surface area contributed by atoms with Gasteiger partial charge in [-0.25, -0.2) is 0 Å². The van der Waals surface area contributed by atoms with Gasteiger partial charge in [-0.3, -0.25) is 14.7 Å². The lowest BCUT2D eigenvalue weighted by atomic mass is 10.0. The predicted octanol–water partition coefficient (Wildman–Crippen LogP) is 2.42. The van der Waals surface area contributed by atoms with Crippen molar-refractivity contribution in [3.8, 4) is 0 Å². The topological polar surface area (TPSA) is 53.4 Å². The minimum Gasteiger partial charge on any atom is -0.480 e. The van der Waals surface area contributed by atoms with E-state index in [-0.39, 0.29) is 0 Å². The van der Waals surface area contributed by atoms with Crippen LogP contribution in [0.5, 0.6) is 0 Å². The molecule has 5 heteroatoms. The molecule has 1 N–H and O–H groups in total. The molecule has 1 aromatic heterocycles. The summed E-state index contributed by atoms with van der Waals surface area (Å²) >= 11 is 6.02. The molecule has 0 aliphatic heterocycles. The summed E-state index contributed by atoms with van der Waals surface area (Å²) in [5, 5.41) is 9.77. The van der Waals surface area contributed by atoms with Gasteiger partial charge >= 0.3 is 5.97 Å². The van der Waals surface area contributed by atoms with Crippen LogP contribution in [0, 0.1) is 0 Å². The lowest BCUT2D eigenvalue weighted by molar-refractivity contribution is -0.149. The average molecular weight is 257 g/mol. The van der Waals surface area contributed by atoms with Crippen molar-refractivity contribution in [1.29, 1.82) is 0 Å². The van der Waals surface area contributed by atoms with E-state index in [1.54, 1.807) is 26.2 Å². The number of carbonyl (C=O) groups is 1. The summed E-state index contributed by atoms with van der Waals surface area (Å²) in [5.74, 6) is -0.843. The molecule has 0 spiro atoms. The fraction of sp³-hybridized carbons (Fsp3) is 0.500. The second-order valence-corrected chi connectivity index (χ2v) is 4.75. The van der Waals surface area contributed by atoms with Crippen LogP contribution in [0.1, 0.15) is 26.3 Å². The number of aromatic nitrogens is 1. The number of carboxylic acid groups (broad SMARTS) is 1. The average Bonchev–Trinajstić information content (AvgIpc) is 2.27. The van der Waals surface area contributed by atoms with Crippen LogP contribution >= 0.6 is 11.6 Å². The minimum atomic E-state index is -0.915. The Morgan fingerprint density at radius 1 is 1.59 bits per heavy atom. The van der Waals surface area contributed by atoms with Crippen LogP contribution in [0.4, 0.5) is 0 Å². The third-order valence-electron chi connectivity index (χ3n) is 2.91. The first kappa shape index (κ1) is 13.9. The molecule has 0 fully saturated rings. The van der Waals surface area contributed by atoms with E-state index in [0.29, 0.717) is 18.1 Å². The Morgan fingerprint density at radius 3 is 2.71 bits per heavy atom. The molecule has 0 unspecified atom stereocenters. The lowest BCUT2D eigenvalue weighted by Crippen LogP contribution is -2.49. The Hall–Kier alpha value is -1.13. The van der Waals surface area contributed by atoms with E-state index >= 15 is 0 Å². The van der Waals surface area contributed by atoms with E-state index in [4.69, 9.17) is 11.6 Å². The van der Waals surface area contributed by atoms with Crippen molar-refractivity contribution in [1.82, 2.24) is 9.88 Å². The highest BCUT2D eigenvalue weighted by atomic mass is 35.5. The first-order valence-corrected chi connectivity index (χ1v) is 5.84. The zero-order valence-electron chi connectivity index (χ0n) is 10.3. The van der Waals surface area contributed by atoms with Gasteiger partial charge in [0.25, 0.3) is 0 Å². The maximum Gasteiger partial charge on any atom is 0.323 e. The molecule has 1 aromatic rings. The SMILES string of the molecule is CCN(Cc1ccncc1Cl)C(C)(C)C(=O)O. The van der Waals surface area contributed by atoms with Crippen LogP contribution in [0.2, 0.25) is 5.02 Å². The van der Waals surface area contributed by atoms with Crippen LogP contribution in [0.15, 0.2) is 18.5 Å². The van der Waals surface area contributed by atoms with Crippen molar-refractivity contribution in [2.75, 3.05) is 6.54 Å². The van der Waals surface area contributed by atoms with Crippen molar-refractivity contribution in [3.05, 3.63) is 29.0 Å². The highest BCUT2D eigenvalue weighted by Gasteiger charge is 2.33. The number of pyridine rings is 1. The summed E-state index contributed by atoms with van der Waals surface area (Å²) in [5.41, 5.74) is -0.0284. The van der Waals surface area contributed by atoms with Crippen molar-refractivity contribution in [2.24, 2.45) is 0 Å². The molecule has 0 bridgehead atoms. The molecule has 0 aliphatic carbocycles. The highest BCUT2D eigenvalue weighted by molar-refractivity contribution is 6.31. The summed E-state index contributed by atoms with van der Waals surface area (Å²) < 4.78 is 0. The van der Waals surface area contributed by atoms with Crippen LogP contribution in [-0.4, -0.2) is 33.0 Å². The van der Waals surface area contributed by atoms with E-state index in [0.717, 1.165) is 5.56 Å². The van der Waals surface area contributed by atoms with Gasteiger partial charge in [-0.1, -0.05) is 18.5 Å². The van der Waals surface area contributed by atoms with E-state index in [9.17, 15) is 9.90 Å². The molecular formula is C12H17ClN2O2. The number of aliphatic carboxylic acids is 1. The minimum absolute atomic E-state index is 0.497. The molecule has 94 valence electrons. The Balaban J connectivity index is 2.92. The molecule has 0 saturated carbocycles. The van der Waals surface area contributed by atoms with Gasteiger partial charge < -0.3 is 5.11 Å². The van der Waals surface area contributed by atoms with Crippen LogP contribution in [0.25, 0.3) is 0 Å². The fourth-order valence-electron chi connectivity index (χ4n) is 1.58. The molecule has 0 saturated heterocycles. The van der Waals surface area contributed by atoms with Crippen molar-refractivity contribution >= 4 is 17.6 Å². The smallest absolute Gasteiger partial charge is 0.323 e. The highest BCUT2D eigenvalue weighted by Crippen LogP contribution is 2.21. The monoisotopic (exact) mass is 256 g/mol. The molecule has 0 radical (unpaired) electrons.